The van der Waals surface area contributed by atoms with Gasteiger partial charge in [0.05, 0.1) is 23.3 Å². The summed E-state index contributed by atoms with van der Waals surface area (Å²) in [5, 5.41) is 11.2. The number of nitrogens with one attached hydrogen (secondary N) is 1. The number of carbonyl (C=O) groups excluding carboxylic acids is 1. The lowest BCUT2D eigenvalue weighted by atomic mass is 9.95. The zero-order valence-corrected chi connectivity index (χ0v) is 20.2. The Hall–Kier alpha value is -3.88. The van der Waals surface area contributed by atoms with Crippen molar-refractivity contribution in [1.82, 2.24) is 29.3 Å². The molecule has 0 unspecified atom stereocenters. The summed E-state index contributed by atoms with van der Waals surface area (Å²) >= 11 is 0. The van der Waals surface area contributed by atoms with Crippen molar-refractivity contribution in [2.75, 3.05) is 5.32 Å². The highest BCUT2D eigenvalue weighted by atomic mass is 19.1. The lowest BCUT2D eigenvalue weighted by molar-refractivity contribution is 0.102. The van der Waals surface area contributed by atoms with Crippen LogP contribution in [0.25, 0.3) is 17.2 Å². The molecule has 2 saturated carbocycles. The van der Waals surface area contributed by atoms with E-state index in [2.05, 4.69) is 30.0 Å². The van der Waals surface area contributed by atoms with Gasteiger partial charge in [-0.2, -0.15) is 0 Å². The van der Waals surface area contributed by atoms with Crippen LogP contribution in [0.5, 0.6) is 0 Å². The molecule has 0 radical (unpaired) electrons. The largest absolute Gasteiger partial charge is 0.309 e. The molecule has 2 fully saturated rings. The molecule has 4 aromatic rings. The molecule has 3 heterocycles. The summed E-state index contributed by atoms with van der Waals surface area (Å²) < 4.78 is 18.8. The first kappa shape index (κ1) is 22.6. The molecule has 36 heavy (non-hydrogen) atoms. The van der Waals surface area contributed by atoms with Gasteiger partial charge in [-0.15, -0.1) is 10.2 Å². The molecule has 0 bridgehead atoms. The summed E-state index contributed by atoms with van der Waals surface area (Å²) in [5.41, 5.74) is 3.06. The summed E-state index contributed by atoms with van der Waals surface area (Å²) in [4.78, 5) is 22.2. The first-order chi connectivity index (χ1) is 17.6. The van der Waals surface area contributed by atoms with Crippen LogP contribution in [0.15, 0.2) is 49.2 Å². The van der Waals surface area contributed by atoms with Crippen molar-refractivity contribution in [3.8, 4) is 17.2 Å². The second kappa shape index (κ2) is 9.29. The maximum Gasteiger partial charge on any atom is 0.259 e. The second-order valence-electron chi connectivity index (χ2n) is 9.81. The number of hydrogen-bond donors (Lipinski definition) is 1. The first-order valence-corrected chi connectivity index (χ1v) is 12.6. The van der Waals surface area contributed by atoms with Gasteiger partial charge in [-0.3, -0.25) is 4.79 Å². The van der Waals surface area contributed by atoms with E-state index in [1.165, 1.54) is 25.3 Å². The third kappa shape index (κ3) is 4.41. The molecule has 9 heteroatoms. The van der Waals surface area contributed by atoms with E-state index in [0.717, 1.165) is 42.6 Å². The van der Waals surface area contributed by atoms with Gasteiger partial charge >= 0.3 is 0 Å². The Kier molecular flexibility index (Phi) is 5.83. The minimum absolute atomic E-state index is 0.0464. The molecule has 0 aliphatic heterocycles. The number of halogens is 1. The van der Waals surface area contributed by atoms with Crippen LogP contribution in [0, 0.1) is 12.7 Å². The van der Waals surface area contributed by atoms with Crippen molar-refractivity contribution in [2.24, 2.45) is 0 Å². The molecule has 8 nitrogen and oxygen atoms in total. The van der Waals surface area contributed by atoms with E-state index in [-0.39, 0.29) is 5.56 Å². The number of amides is 1. The molecule has 1 aromatic carbocycles. The Bertz CT molecular complexity index is 1420. The normalized spacial score (nSPS) is 16.3. The Morgan fingerprint density at radius 2 is 1.92 bits per heavy atom. The number of anilines is 1. The third-order valence-electron chi connectivity index (χ3n) is 7.17. The fourth-order valence-electron chi connectivity index (χ4n) is 5.04. The number of pyridine rings is 1. The lowest BCUT2D eigenvalue weighted by Crippen LogP contribution is -2.16. The van der Waals surface area contributed by atoms with Crippen molar-refractivity contribution >= 4 is 11.7 Å². The highest BCUT2D eigenvalue weighted by Gasteiger charge is 2.26. The molecule has 2 aliphatic carbocycles. The number of hydrogen-bond acceptors (Lipinski definition) is 5. The van der Waals surface area contributed by atoms with E-state index in [1.807, 2.05) is 23.8 Å². The number of benzene rings is 1. The smallest absolute Gasteiger partial charge is 0.259 e. The van der Waals surface area contributed by atoms with Gasteiger partial charge in [0.15, 0.2) is 5.82 Å². The molecule has 0 atom stereocenters. The molecular formula is C27H28FN7O. The maximum atomic E-state index is 14.9. The number of carbonyl (C=O) groups is 1. The zero-order valence-electron chi connectivity index (χ0n) is 20.2. The highest BCUT2D eigenvalue weighted by Crippen LogP contribution is 2.39. The predicted octanol–water partition coefficient (Wildman–Crippen LogP) is 5.61. The van der Waals surface area contributed by atoms with E-state index >= 15 is 0 Å². The Labute approximate surface area is 208 Å². The molecule has 0 spiro atoms. The topological polar surface area (TPSA) is 90.5 Å². The van der Waals surface area contributed by atoms with E-state index < -0.39 is 11.7 Å². The molecule has 3 aromatic heterocycles. The fourth-order valence-corrected chi connectivity index (χ4v) is 5.04. The van der Waals surface area contributed by atoms with Gasteiger partial charge < -0.3 is 14.5 Å². The van der Waals surface area contributed by atoms with Gasteiger partial charge in [0, 0.05) is 18.2 Å². The van der Waals surface area contributed by atoms with Crippen LogP contribution in [0.3, 0.4) is 0 Å². The minimum Gasteiger partial charge on any atom is -0.309 e. The standard InChI is InChI=1S/C27H28FN7O/c1-17-12-21(28)20(13-24(17)34-14-23(29-15-34)18-10-11-18)27(36)32-25-9-5-8-22(31-25)26-33-30-16-35(26)19-6-3-2-4-7-19/h5,8-9,12-16,18-19H,2-4,6-7,10-11H2,1H3,(H,31,32,36). The molecule has 6 rings (SSSR count). The molecule has 184 valence electrons. The quantitative estimate of drug-likeness (QED) is 0.383. The van der Waals surface area contributed by atoms with Gasteiger partial charge in [-0.25, -0.2) is 14.4 Å². The first-order valence-electron chi connectivity index (χ1n) is 12.6. The summed E-state index contributed by atoms with van der Waals surface area (Å²) in [7, 11) is 0. The van der Waals surface area contributed by atoms with E-state index in [4.69, 9.17) is 0 Å². The fraction of sp³-hybridized carbons (Fsp3) is 0.370. The molecule has 0 saturated heterocycles. The van der Waals surface area contributed by atoms with Gasteiger partial charge in [0.2, 0.25) is 0 Å². The van der Waals surface area contributed by atoms with Crippen LogP contribution in [-0.2, 0) is 0 Å². The SMILES string of the molecule is Cc1cc(F)c(C(=O)Nc2cccc(-c3nncn3C3CCCCC3)n2)cc1-n1cnc(C2CC2)c1. The number of aromatic nitrogens is 6. The van der Waals surface area contributed by atoms with Crippen molar-refractivity contribution in [2.45, 2.75) is 63.8 Å². The third-order valence-corrected chi connectivity index (χ3v) is 7.17. The summed E-state index contributed by atoms with van der Waals surface area (Å²) in [6.45, 7) is 1.82. The van der Waals surface area contributed by atoms with Crippen LogP contribution >= 0.6 is 0 Å². The van der Waals surface area contributed by atoms with Crippen LogP contribution in [0.4, 0.5) is 10.2 Å². The number of nitrogens with zero attached hydrogens (tertiary/aromatic N) is 6. The minimum atomic E-state index is -0.579. The van der Waals surface area contributed by atoms with Crippen LogP contribution < -0.4 is 5.32 Å². The zero-order chi connectivity index (χ0) is 24.6. The highest BCUT2D eigenvalue weighted by molar-refractivity contribution is 6.04. The van der Waals surface area contributed by atoms with Crippen molar-refractivity contribution in [3.63, 3.8) is 0 Å². The molecular weight excluding hydrogens is 457 g/mol. The predicted molar refractivity (Wildman–Crippen MR) is 134 cm³/mol. The van der Waals surface area contributed by atoms with Crippen LogP contribution in [-0.4, -0.2) is 35.2 Å². The monoisotopic (exact) mass is 485 g/mol. The van der Waals surface area contributed by atoms with E-state index in [9.17, 15) is 9.18 Å². The average Bonchev–Trinajstić information content (AvgIpc) is 3.41. The Balaban J connectivity index is 1.25. The van der Waals surface area contributed by atoms with E-state index in [1.54, 1.807) is 30.9 Å². The van der Waals surface area contributed by atoms with Crippen LogP contribution in [0.2, 0.25) is 0 Å². The van der Waals surface area contributed by atoms with Crippen molar-refractivity contribution < 1.29 is 9.18 Å². The van der Waals surface area contributed by atoms with Gasteiger partial charge in [0.25, 0.3) is 5.91 Å². The van der Waals surface area contributed by atoms with Crippen LogP contribution in [0.1, 0.15) is 78.5 Å². The van der Waals surface area contributed by atoms with Crippen molar-refractivity contribution in [1.29, 1.82) is 0 Å². The summed E-state index contributed by atoms with van der Waals surface area (Å²) in [6, 6.07) is 8.65. The Morgan fingerprint density at radius 1 is 1.08 bits per heavy atom. The molecule has 2 aliphatic rings. The second-order valence-corrected chi connectivity index (χ2v) is 9.81. The van der Waals surface area contributed by atoms with Gasteiger partial charge in [0.1, 0.15) is 23.7 Å². The molecule has 1 amide bonds. The van der Waals surface area contributed by atoms with Gasteiger partial charge in [-0.1, -0.05) is 25.3 Å². The molecule has 1 N–H and O–H groups in total. The number of imidazole rings is 1. The summed E-state index contributed by atoms with van der Waals surface area (Å²) in [5.74, 6) is 0.375. The Morgan fingerprint density at radius 3 is 2.72 bits per heavy atom. The average molecular weight is 486 g/mol. The van der Waals surface area contributed by atoms with Gasteiger partial charge in [-0.05, 0) is 62.4 Å². The van der Waals surface area contributed by atoms with Crippen molar-refractivity contribution in [3.05, 3.63) is 71.8 Å². The maximum absolute atomic E-state index is 14.9. The number of aryl methyl sites for hydroxylation is 1. The van der Waals surface area contributed by atoms with E-state index in [0.29, 0.717) is 29.3 Å². The number of rotatable bonds is 6. The lowest BCUT2D eigenvalue weighted by Gasteiger charge is -2.23. The summed E-state index contributed by atoms with van der Waals surface area (Å²) in [6.07, 6.45) is 13.6.